The summed E-state index contributed by atoms with van der Waals surface area (Å²) in [5, 5.41) is 2.09. The van der Waals surface area contributed by atoms with Crippen LogP contribution in [0.2, 0.25) is 0 Å². The Hall–Kier alpha value is -0.970. The number of aryl methyl sites for hydroxylation is 1. The molecule has 0 unspecified atom stereocenters. The molecule has 3 nitrogen and oxygen atoms in total. The Morgan fingerprint density at radius 1 is 1.19 bits per heavy atom. The van der Waals surface area contributed by atoms with E-state index >= 15 is 0 Å². The summed E-state index contributed by atoms with van der Waals surface area (Å²) in [6.45, 7) is 13.8. The van der Waals surface area contributed by atoms with Gasteiger partial charge in [0.1, 0.15) is 0 Å². The zero-order valence-electron chi connectivity index (χ0n) is 17.7. The zero-order valence-corrected chi connectivity index (χ0v) is 18.5. The van der Waals surface area contributed by atoms with Crippen LogP contribution in [0.15, 0.2) is 17.0 Å². The van der Waals surface area contributed by atoms with Crippen LogP contribution in [0.3, 0.4) is 0 Å². The van der Waals surface area contributed by atoms with E-state index in [4.69, 9.17) is 4.74 Å². The number of carbonyl (C=O) groups is 1. The summed E-state index contributed by atoms with van der Waals surface area (Å²) < 4.78 is 5.20. The van der Waals surface area contributed by atoms with E-state index in [1.54, 1.807) is 11.3 Å². The average molecular weight is 392 g/mol. The van der Waals surface area contributed by atoms with Crippen molar-refractivity contribution in [1.29, 1.82) is 0 Å². The summed E-state index contributed by atoms with van der Waals surface area (Å²) in [6, 6.07) is 2.10. The lowest BCUT2D eigenvalue weighted by molar-refractivity contribution is -0.118. The number of hydrogen-bond donors (Lipinski definition) is 0. The van der Waals surface area contributed by atoms with Crippen molar-refractivity contribution in [2.45, 2.75) is 66.2 Å². The molecule has 0 radical (unpaired) electrons. The number of thiophene rings is 1. The maximum absolute atomic E-state index is 12.7. The summed E-state index contributed by atoms with van der Waals surface area (Å²) in [4.78, 5) is 16.4. The van der Waals surface area contributed by atoms with Gasteiger partial charge in [0.15, 0.2) is 5.78 Å². The molecule has 1 saturated carbocycles. The maximum Gasteiger partial charge on any atom is 0.166 e. The number of rotatable bonds is 5. The molecule has 0 spiro atoms. The molecule has 2 fully saturated rings. The lowest BCUT2D eigenvalue weighted by atomic mass is 9.81. The van der Waals surface area contributed by atoms with E-state index in [0.29, 0.717) is 5.78 Å². The molecule has 1 aromatic rings. The molecular weight excluding hydrogens is 354 g/mol. The molecule has 4 heteroatoms. The van der Waals surface area contributed by atoms with Crippen LogP contribution >= 0.6 is 11.3 Å². The molecule has 152 valence electrons. The fourth-order valence-corrected chi connectivity index (χ4v) is 4.71. The minimum atomic E-state index is 0.267. The first-order valence-corrected chi connectivity index (χ1v) is 11.5. The van der Waals surface area contributed by atoms with Gasteiger partial charge in [0.2, 0.25) is 0 Å². The fraction of sp³-hybridized carbons (Fsp3) is 0.696. The second-order valence-corrected chi connectivity index (χ2v) is 9.04. The summed E-state index contributed by atoms with van der Waals surface area (Å²) in [5.41, 5.74) is 3.31. The molecule has 0 N–H and O–H groups in total. The number of Topliss-reactive ketones (excluding diaryl/α,β-unsaturated/α-hetero) is 1. The molecule has 1 aliphatic carbocycles. The Labute approximate surface area is 169 Å². The Kier molecular flexibility index (Phi) is 9.74. The predicted octanol–water partition coefficient (Wildman–Crippen LogP) is 5.73. The number of nitrogens with zero attached hydrogens (tertiary/aromatic N) is 1. The Morgan fingerprint density at radius 2 is 1.85 bits per heavy atom. The Balaban J connectivity index is 0.000000244. The molecule has 0 aromatic carbocycles. The summed E-state index contributed by atoms with van der Waals surface area (Å²) in [6.07, 6.45) is 7.16. The molecule has 2 heterocycles. The van der Waals surface area contributed by atoms with E-state index < -0.39 is 0 Å². The average Bonchev–Trinajstić information content (AvgIpc) is 3.09. The van der Waals surface area contributed by atoms with Crippen LogP contribution in [0.5, 0.6) is 0 Å². The molecule has 3 rings (SSSR count). The summed E-state index contributed by atoms with van der Waals surface area (Å²) in [7, 11) is 0. The highest BCUT2D eigenvalue weighted by Gasteiger charge is 2.26. The SMILES string of the molecule is CC(C)=C(C(=O)C1CCCCC1)c1ccsc1C.CCCN1CCOCC1. The first-order valence-electron chi connectivity index (χ1n) is 10.6. The highest BCUT2D eigenvalue weighted by molar-refractivity contribution is 7.10. The van der Waals surface area contributed by atoms with Crippen LogP contribution in [0.25, 0.3) is 5.57 Å². The largest absolute Gasteiger partial charge is 0.379 e. The first kappa shape index (κ1) is 22.3. The minimum absolute atomic E-state index is 0.267. The van der Waals surface area contributed by atoms with Crippen LogP contribution in [0.4, 0.5) is 0 Å². The topological polar surface area (TPSA) is 29.5 Å². The minimum Gasteiger partial charge on any atom is -0.379 e. The van der Waals surface area contributed by atoms with Crippen LogP contribution in [-0.4, -0.2) is 43.5 Å². The number of ether oxygens (including phenoxy) is 1. The molecule has 2 aliphatic rings. The number of allylic oxidation sites excluding steroid dienone is 2. The summed E-state index contributed by atoms with van der Waals surface area (Å²) in [5.74, 6) is 0.652. The Morgan fingerprint density at radius 3 is 2.37 bits per heavy atom. The van der Waals surface area contributed by atoms with Gasteiger partial charge in [-0.25, -0.2) is 0 Å². The molecule has 0 amide bonds. The van der Waals surface area contributed by atoms with Gasteiger partial charge in [0.05, 0.1) is 13.2 Å². The van der Waals surface area contributed by atoms with Gasteiger partial charge >= 0.3 is 0 Å². The molecular formula is C23H37NO2S. The van der Waals surface area contributed by atoms with Crippen molar-refractivity contribution < 1.29 is 9.53 Å². The van der Waals surface area contributed by atoms with Crippen LogP contribution in [0.1, 0.15) is 69.7 Å². The van der Waals surface area contributed by atoms with Crippen molar-refractivity contribution in [2.75, 3.05) is 32.8 Å². The van der Waals surface area contributed by atoms with Crippen LogP contribution < -0.4 is 0 Å². The Bertz CT molecular complexity index is 601. The van der Waals surface area contributed by atoms with Gasteiger partial charge in [-0.1, -0.05) is 31.8 Å². The molecule has 1 aromatic heterocycles. The predicted molar refractivity (Wildman–Crippen MR) is 116 cm³/mol. The molecule has 0 atom stereocenters. The number of morpholine rings is 1. The van der Waals surface area contributed by atoms with Crippen molar-refractivity contribution in [3.05, 3.63) is 27.5 Å². The lowest BCUT2D eigenvalue weighted by Crippen LogP contribution is -2.36. The van der Waals surface area contributed by atoms with E-state index in [1.807, 2.05) is 0 Å². The third-order valence-corrected chi connectivity index (χ3v) is 6.34. The molecule has 27 heavy (non-hydrogen) atoms. The van der Waals surface area contributed by atoms with Gasteiger partial charge in [-0.3, -0.25) is 9.69 Å². The van der Waals surface area contributed by atoms with Gasteiger partial charge in [0, 0.05) is 29.5 Å². The molecule has 1 saturated heterocycles. The summed E-state index contributed by atoms with van der Waals surface area (Å²) >= 11 is 1.73. The number of carbonyl (C=O) groups excluding carboxylic acids is 1. The van der Waals surface area contributed by atoms with Crippen molar-refractivity contribution in [3.8, 4) is 0 Å². The van der Waals surface area contributed by atoms with Crippen molar-refractivity contribution in [1.82, 2.24) is 4.90 Å². The van der Waals surface area contributed by atoms with Crippen molar-refractivity contribution in [2.24, 2.45) is 5.92 Å². The van der Waals surface area contributed by atoms with E-state index in [1.165, 1.54) is 37.1 Å². The first-order chi connectivity index (χ1) is 13.0. The molecule has 1 aliphatic heterocycles. The lowest BCUT2D eigenvalue weighted by Gasteiger charge is -2.25. The van der Waals surface area contributed by atoms with Gasteiger partial charge in [-0.2, -0.15) is 0 Å². The third kappa shape index (κ3) is 6.85. The maximum atomic E-state index is 12.7. The second kappa shape index (κ2) is 11.8. The fourth-order valence-electron chi connectivity index (χ4n) is 4.00. The number of ketones is 1. The highest BCUT2D eigenvalue weighted by Crippen LogP contribution is 2.33. The van der Waals surface area contributed by atoms with E-state index in [9.17, 15) is 4.79 Å². The van der Waals surface area contributed by atoms with Crippen LogP contribution in [-0.2, 0) is 9.53 Å². The second-order valence-electron chi connectivity index (χ2n) is 7.92. The molecule has 0 bridgehead atoms. The quantitative estimate of drug-likeness (QED) is 0.601. The van der Waals surface area contributed by atoms with Crippen LogP contribution in [0, 0.1) is 12.8 Å². The van der Waals surface area contributed by atoms with Gasteiger partial charge in [0.25, 0.3) is 0 Å². The monoisotopic (exact) mass is 391 g/mol. The van der Waals surface area contributed by atoms with Crippen molar-refractivity contribution >= 4 is 22.7 Å². The van der Waals surface area contributed by atoms with Gasteiger partial charge < -0.3 is 4.74 Å². The zero-order chi connectivity index (χ0) is 19.6. The third-order valence-electron chi connectivity index (χ3n) is 5.49. The normalized spacial score (nSPS) is 18.5. The van der Waals surface area contributed by atoms with Gasteiger partial charge in [-0.05, 0) is 63.6 Å². The van der Waals surface area contributed by atoms with Crippen molar-refractivity contribution in [3.63, 3.8) is 0 Å². The van der Waals surface area contributed by atoms with E-state index in [0.717, 1.165) is 55.9 Å². The van der Waals surface area contributed by atoms with Gasteiger partial charge in [-0.15, -0.1) is 11.3 Å². The number of hydrogen-bond acceptors (Lipinski definition) is 4. The smallest absolute Gasteiger partial charge is 0.166 e. The standard InChI is InChI=1S/C16H22OS.C7H15NO/c1-11(2)15(14-9-10-18-12(14)3)16(17)13-7-5-4-6-8-13;1-2-3-8-4-6-9-7-5-8/h9-10,13H,4-8H2,1-3H3;2-7H2,1H3. The van der Waals surface area contributed by atoms with E-state index in [2.05, 4.69) is 44.0 Å². The van der Waals surface area contributed by atoms with E-state index in [-0.39, 0.29) is 5.92 Å². The highest BCUT2D eigenvalue weighted by atomic mass is 32.1.